The van der Waals surface area contributed by atoms with Crippen molar-refractivity contribution >= 4 is 0 Å². The second-order valence-corrected chi connectivity index (χ2v) is 3.63. The molecule has 0 aromatic rings. The Morgan fingerprint density at radius 1 is 1.17 bits per heavy atom. The first kappa shape index (κ1) is 10.0. The SMILES string of the molecule is CC[N]OC1(CC)CCCCC1. The van der Waals surface area contributed by atoms with Gasteiger partial charge in [0.25, 0.3) is 0 Å². The molecule has 0 spiro atoms. The molecule has 0 saturated heterocycles. The zero-order valence-corrected chi connectivity index (χ0v) is 8.31. The van der Waals surface area contributed by atoms with Gasteiger partial charge in [0.05, 0.1) is 5.60 Å². The molecule has 0 bridgehead atoms. The molecule has 71 valence electrons. The van der Waals surface area contributed by atoms with Gasteiger partial charge in [0.2, 0.25) is 0 Å². The molecule has 0 aliphatic heterocycles. The lowest BCUT2D eigenvalue weighted by molar-refractivity contribution is -0.131. The van der Waals surface area contributed by atoms with Crippen molar-refractivity contribution in [1.29, 1.82) is 0 Å². The van der Waals surface area contributed by atoms with Gasteiger partial charge in [-0.2, -0.15) is 0 Å². The van der Waals surface area contributed by atoms with Crippen LogP contribution in [0.4, 0.5) is 0 Å². The highest BCUT2D eigenvalue weighted by atomic mass is 16.7. The second kappa shape index (κ2) is 4.83. The fraction of sp³-hybridized carbons (Fsp3) is 1.00. The number of hydroxylamine groups is 1. The van der Waals surface area contributed by atoms with Crippen LogP contribution in [0, 0.1) is 0 Å². The first-order chi connectivity index (χ1) is 5.83. The van der Waals surface area contributed by atoms with Gasteiger partial charge in [-0.25, -0.2) is 0 Å². The van der Waals surface area contributed by atoms with Crippen molar-refractivity contribution in [2.75, 3.05) is 6.54 Å². The first-order valence-electron chi connectivity index (χ1n) is 5.18. The summed E-state index contributed by atoms with van der Waals surface area (Å²) in [5.41, 5.74) is 4.14. The number of hydrogen-bond acceptors (Lipinski definition) is 1. The molecule has 1 rings (SSSR count). The van der Waals surface area contributed by atoms with E-state index in [-0.39, 0.29) is 5.60 Å². The molecule has 0 aromatic heterocycles. The quantitative estimate of drug-likeness (QED) is 0.595. The van der Waals surface area contributed by atoms with Gasteiger partial charge < -0.3 is 0 Å². The molecule has 0 atom stereocenters. The Morgan fingerprint density at radius 2 is 1.83 bits per heavy atom. The molecule has 2 heteroatoms. The summed E-state index contributed by atoms with van der Waals surface area (Å²) in [6, 6.07) is 0. The second-order valence-electron chi connectivity index (χ2n) is 3.63. The summed E-state index contributed by atoms with van der Waals surface area (Å²) in [6.45, 7) is 5.00. The third kappa shape index (κ3) is 2.46. The zero-order valence-electron chi connectivity index (χ0n) is 8.31. The molecule has 0 N–H and O–H groups in total. The fourth-order valence-electron chi connectivity index (χ4n) is 1.91. The predicted molar refractivity (Wildman–Crippen MR) is 49.9 cm³/mol. The third-order valence-electron chi connectivity index (χ3n) is 2.80. The molecule has 1 aliphatic rings. The Hall–Kier alpha value is -0.0800. The lowest BCUT2D eigenvalue weighted by Crippen LogP contribution is -2.36. The van der Waals surface area contributed by atoms with E-state index in [4.69, 9.17) is 4.84 Å². The van der Waals surface area contributed by atoms with Crippen molar-refractivity contribution in [2.24, 2.45) is 0 Å². The summed E-state index contributed by atoms with van der Waals surface area (Å²) in [5.74, 6) is 0. The standard InChI is InChI=1S/C10H20NO/c1-3-10(12-11-4-2)8-6-5-7-9-10/h3-9H2,1-2H3. The Morgan fingerprint density at radius 3 is 2.33 bits per heavy atom. The van der Waals surface area contributed by atoms with Crippen molar-refractivity contribution in [3.05, 3.63) is 0 Å². The molecule has 2 nitrogen and oxygen atoms in total. The summed E-state index contributed by atoms with van der Waals surface area (Å²) in [5, 5.41) is 0. The first-order valence-corrected chi connectivity index (χ1v) is 5.18. The molecule has 1 radical (unpaired) electrons. The van der Waals surface area contributed by atoms with E-state index in [0.717, 1.165) is 13.0 Å². The van der Waals surface area contributed by atoms with Crippen molar-refractivity contribution in [2.45, 2.75) is 58.0 Å². The summed E-state index contributed by atoms with van der Waals surface area (Å²) < 4.78 is 0. The van der Waals surface area contributed by atoms with Gasteiger partial charge in [0.1, 0.15) is 0 Å². The zero-order chi connectivity index (χ0) is 8.86. The van der Waals surface area contributed by atoms with Crippen LogP contribution >= 0.6 is 0 Å². The Labute approximate surface area is 75.6 Å². The van der Waals surface area contributed by atoms with E-state index in [1.54, 1.807) is 0 Å². The average Bonchev–Trinajstić information content (AvgIpc) is 2.16. The van der Waals surface area contributed by atoms with Crippen LogP contribution in [0.25, 0.3) is 0 Å². The monoisotopic (exact) mass is 170 g/mol. The van der Waals surface area contributed by atoms with Gasteiger partial charge in [-0.05, 0) is 26.2 Å². The van der Waals surface area contributed by atoms with Gasteiger partial charge in [0, 0.05) is 6.54 Å². The largest absolute Gasteiger partial charge is 0.275 e. The van der Waals surface area contributed by atoms with Crippen molar-refractivity contribution < 1.29 is 4.84 Å². The lowest BCUT2D eigenvalue weighted by atomic mass is 9.83. The van der Waals surface area contributed by atoms with Gasteiger partial charge in [-0.15, -0.1) is 0 Å². The van der Waals surface area contributed by atoms with E-state index in [1.807, 2.05) is 6.92 Å². The number of rotatable bonds is 4. The van der Waals surface area contributed by atoms with E-state index in [2.05, 4.69) is 12.4 Å². The Kier molecular flexibility index (Phi) is 4.02. The Bertz CT molecular complexity index is 119. The molecule has 1 saturated carbocycles. The molecule has 12 heavy (non-hydrogen) atoms. The van der Waals surface area contributed by atoms with Crippen LogP contribution < -0.4 is 5.48 Å². The van der Waals surface area contributed by atoms with Crippen LogP contribution in [0.15, 0.2) is 0 Å². The van der Waals surface area contributed by atoms with Crippen molar-refractivity contribution in [1.82, 2.24) is 5.48 Å². The van der Waals surface area contributed by atoms with Crippen LogP contribution in [-0.2, 0) is 4.84 Å². The summed E-state index contributed by atoms with van der Waals surface area (Å²) in [4.78, 5) is 5.59. The minimum Gasteiger partial charge on any atom is -0.275 e. The number of hydrogen-bond donors (Lipinski definition) is 0. The normalized spacial score (nSPS) is 22.5. The van der Waals surface area contributed by atoms with Crippen LogP contribution in [0.2, 0.25) is 0 Å². The van der Waals surface area contributed by atoms with E-state index >= 15 is 0 Å². The van der Waals surface area contributed by atoms with E-state index in [9.17, 15) is 0 Å². The van der Waals surface area contributed by atoms with Crippen LogP contribution in [-0.4, -0.2) is 12.1 Å². The molecule has 0 unspecified atom stereocenters. The molecule has 0 amide bonds. The Balaban J connectivity index is 2.37. The molecular formula is C10H20NO. The molecule has 0 heterocycles. The maximum absolute atomic E-state index is 5.59. The van der Waals surface area contributed by atoms with Crippen LogP contribution in [0.1, 0.15) is 52.4 Å². The molecular weight excluding hydrogens is 150 g/mol. The van der Waals surface area contributed by atoms with Crippen LogP contribution in [0.3, 0.4) is 0 Å². The molecule has 0 aromatic carbocycles. The van der Waals surface area contributed by atoms with Gasteiger partial charge in [-0.1, -0.05) is 31.7 Å². The topological polar surface area (TPSA) is 23.3 Å². The minimum absolute atomic E-state index is 0.105. The minimum atomic E-state index is 0.105. The highest BCUT2D eigenvalue weighted by molar-refractivity contribution is 4.82. The van der Waals surface area contributed by atoms with Gasteiger partial charge >= 0.3 is 0 Å². The highest BCUT2D eigenvalue weighted by Gasteiger charge is 2.31. The lowest BCUT2D eigenvalue weighted by Gasteiger charge is -2.34. The third-order valence-corrected chi connectivity index (χ3v) is 2.80. The molecule has 1 fully saturated rings. The van der Waals surface area contributed by atoms with E-state index < -0.39 is 0 Å². The van der Waals surface area contributed by atoms with Crippen molar-refractivity contribution in [3.8, 4) is 0 Å². The fourth-order valence-corrected chi connectivity index (χ4v) is 1.91. The van der Waals surface area contributed by atoms with Gasteiger partial charge in [0.15, 0.2) is 0 Å². The predicted octanol–water partition coefficient (Wildman–Crippen LogP) is 2.66. The van der Waals surface area contributed by atoms with E-state index in [0.29, 0.717) is 0 Å². The maximum atomic E-state index is 5.59. The maximum Gasteiger partial charge on any atom is 0.0914 e. The molecule has 1 aliphatic carbocycles. The average molecular weight is 170 g/mol. The van der Waals surface area contributed by atoms with Gasteiger partial charge in [-0.3, -0.25) is 4.84 Å². The summed E-state index contributed by atoms with van der Waals surface area (Å²) in [7, 11) is 0. The smallest absolute Gasteiger partial charge is 0.0914 e. The summed E-state index contributed by atoms with van der Waals surface area (Å²) in [6.07, 6.45) is 7.51. The highest BCUT2D eigenvalue weighted by Crippen LogP contribution is 2.33. The number of nitrogens with zero attached hydrogens (tertiary/aromatic N) is 1. The van der Waals surface area contributed by atoms with E-state index in [1.165, 1.54) is 32.1 Å². The van der Waals surface area contributed by atoms with Crippen molar-refractivity contribution in [3.63, 3.8) is 0 Å². The van der Waals surface area contributed by atoms with Crippen LogP contribution in [0.5, 0.6) is 0 Å². The summed E-state index contributed by atoms with van der Waals surface area (Å²) >= 11 is 0.